The molecule has 0 atom stereocenters. The van der Waals surface area contributed by atoms with E-state index in [1.165, 1.54) is 0 Å². The SMILES string of the molecule is COc1cccc(C(=O)Nc2ccc(Nc3cc(Cl)ccc3Cl)nn2)c1. The van der Waals surface area contributed by atoms with E-state index in [-0.39, 0.29) is 5.91 Å². The Kier molecular flexibility index (Phi) is 5.55. The van der Waals surface area contributed by atoms with E-state index in [1.807, 2.05) is 0 Å². The Bertz CT molecular complexity index is 933. The van der Waals surface area contributed by atoms with Crippen LogP contribution in [0.5, 0.6) is 5.75 Å². The Morgan fingerprint density at radius 3 is 2.50 bits per heavy atom. The van der Waals surface area contributed by atoms with Gasteiger partial charge in [-0.1, -0.05) is 29.3 Å². The molecule has 0 aliphatic heterocycles. The van der Waals surface area contributed by atoms with Gasteiger partial charge >= 0.3 is 0 Å². The summed E-state index contributed by atoms with van der Waals surface area (Å²) < 4.78 is 5.11. The van der Waals surface area contributed by atoms with Gasteiger partial charge in [-0.15, -0.1) is 10.2 Å². The standard InChI is InChI=1S/C18H14Cl2N4O2/c1-26-13-4-2-3-11(9-13)18(25)22-17-8-7-16(23-24-17)21-15-10-12(19)5-6-14(15)20/h2-10H,1H3,(H,21,23)(H,22,24,25). The first-order valence-electron chi connectivity index (χ1n) is 7.56. The molecule has 0 bridgehead atoms. The molecule has 0 aliphatic rings. The fraction of sp³-hybridized carbons (Fsp3) is 0.0556. The Morgan fingerprint density at radius 2 is 1.77 bits per heavy atom. The second-order valence-electron chi connectivity index (χ2n) is 5.24. The number of ether oxygens (including phenoxy) is 1. The molecular weight excluding hydrogens is 375 g/mol. The molecule has 1 amide bonds. The first-order valence-corrected chi connectivity index (χ1v) is 8.32. The number of nitrogens with zero attached hydrogens (tertiary/aromatic N) is 2. The van der Waals surface area contributed by atoms with Gasteiger partial charge in [-0.3, -0.25) is 4.79 Å². The number of nitrogens with one attached hydrogen (secondary N) is 2. The molecule has 6 nitrogen and oxygen atoms in total. The molecule has 3 aromatic rings. The quantitative estimate of drug-likeness (QED) is 0.656. The van der Waals surface area contributed by atoms with Crippen molar-refractivity contribution in [3.8, 4) is 5.75 Å². The van der Waals surface area contributed by atoms with Gasteiger partial charge < -0.3 is 15.4 Å². The van der Waals surface area contributed by atoms with E-state index < -0.39 is 0 Å². The highest BCUT2D eigenvalue weighted by Crippen LogP contribution is 2.27. The topological polar surface area (TPSA) is 76.1 Å². The zero-order chi connectivity index (χ0) is 18.5. The monoisotopic (exact) mass is 388 g/mol. The van der Waals surface area contributed by atoms with E-state index in [1.54, 1.807) is 61.7 Å². The largest absolute Gasteiger partial charge is 0.497 e. The highest BCUT2D eigenvalue weighted by molar-refractivity contribution is 6.35. The third-order valence-corrected chi connectivity index (χ3v) is 3.99. The van der Waals surface area contributed by atoms with Crippen molar-refractivity contribution >= 4 is 46.4 Å². The average molecular weight is 389 g/mol. The molecule has 1 heterocycles. The van der Waals surface area contributed by atoms with Crippen molar-refractivity contribution in [2.45, 2.75) is 0 Å². The molecule has 26 heavy (non-hydrogen) atoms. The fourth-order valence-corrected chi connectivity index (χ4v) is 2.49. The van der Waals surface area contributed by atoms with Crippen LogP contribution in [0.3, 0.4) is 0 Å². The van der Waals surface area contributed by atoms with Crippen LogP contribution in [0.25, 0.3) is 0 Å². The van der Waals surface area contributed by atoms with Gasteiger partial charge in [0.15, 0.2) is 11.6 Å². The predicted molar refractivity (Wildman–Crippen MR) is 103 cm³/mol. The van der Waals surface area contributed by atoms with E-state index in [0.717, 1.165) is 0 Å². The number of aromatic nitrogens is 2. The predicted octanol–water partition coefficient (Wildman–Crippen LogP) is 4.79. The van der Waals surface area contributed by atoms with Crippen molar-refractivity contribution in [2.24, 2.45) is 0 Å². The van der Waals surface area contributed by atoms with Crippen LogP contribution in [0, 0.1) is 0 Å². The van der Waals surface area contributed by atoms with Crippen LogP contribution in [-0.2, 0) is 0 Å². The van der Waals surface area contributed by atoms with E-state index in [2.05, 4.69) is 20.8 Å². The molecule has 0 saturated heterocycles. The summed E-state index contributed by atoms with van der Waals surface area (Å²) in [6.45, 7) is 0. The molecule has 0 radical (unpaired) electrons. The number of carbonyl (C=O) groups is 1. The lowest BCUT2D eigenvalue weighted by Crippen LogP contribution is -2.13. The molecule has 2 N–H and O–H groups in total. The van der Waals surface area contributed by atoms with Crippen LogP contribution < -0.4 is 15.4 Å². The summed E-state index contributed by atoms with van der Waals surface area (Å²) in [6, 6.07) is 15.2. The van der Waals surface area contributed by atoms with E-state index >= 15 is 0 Å². The molecule has 0 unspecified atom stereocenters. The van der Waals surface area contributed by atoms with Gasteiger partial charge in [-0.25, -0.2) is 0 Å². The molecular formula is C18H14Cl2N4O2. The summed E-state index contributed by atoms with van der Waals surface area (Å²) in [4.78, 5) is 12.3. The van der Waals surface area contributed by atoms with Gasteiger partial charge in [-0.05, 0) is 48.5 Å². The molecule has 1 aromatic heterocycles. The highest BCUT2D eigenvalue weighted by atomic mass is 35.5. The lowest BCUT2D eigenvalue weighted by Gasteiger charge is -2.09. The normalized spacial score (nSPS) is 10.3. The minimum atomic E-state index is -0.309. The Labute approximate surface area is 160 Å². The second-order valence-corrected chi connectivity index (χ2v) is 6.08. The smallest absolute Gasteiger partial charge is 0.256 e. The van der Waals surface area contributed by atoms with Crippen molar-refractivity contribution < 1.29 is 9.53 Å². The van der Waals surface area contributed by atoms with Crippen molar-refractivity contribution in [2.75, 3.05) is 17.7 Å². The maximum atomic E-state index is 12.3. The van der Waals surface area contributed by atoms with Gasteiger partial charge in [0.05, 0.1) is 17.8 Å². The van der Waals surface area contributed by atoms with Crippen LogP contribution in [0.15, 0.2) is 54.6 Å². The third kappa shape index (κ3) is 4.41. The van der Waals surface area contributed by atoms with Gasteiger partial charge in [0, 0.05) is 10.6 Å². The fourth-order valence-electron chi connectivity index (χ4n) is 2.15. The maximum absolute atomic E-state index is 12.3. The van der Waals surface area contributed by atoms with Gasteiger partial charge in [-0.2, -0.15) is 0 Å². The number of hydrogen-bond donors (Lipinski definition) is 2. The van der Waals surface area contributed by atoms with Crippen molar-refractivity contribution in [1.29, 1.82) is 0 Å². The van der Waals surface area contributed by atoms with Gasteiger partial charge in [0.25, 0.3) is 5.91 Å². The van der Waals surface area contributed by atoms with Crippen molar-refractivity contribution in [3.05, 3.63) is 70.2 Å². The van der Waals surface area contributed by atoms with E-state index in [4.69, 9.17) is 27.9 Å². The van der Waals surface area contributed by atoms with E-state index in [0.29, 0.717) is 38.7 Å². The zero-order valence-electron chi connectivity index (χ0n) is 13.7. The lowest BCUT2D eigenvalue weighted by atomic mass is 10.2. The molecule has 0 spiro atoms. The lowest BCUT2D eigenvalue weighted by molar-refractivity contribution is 0.102. The molecule has 0 aliphatic carbocycles. The maximum Gasteiger partial charge on any atom is 0.256 e. The second kappa shape index (κ2) is 8.03. The number of methoxy groups -OCH3 is 1. The van der Waals surface area contributed by atoms with Crippen LogP contribution >= 0.6 is 23.2 Å². The Morgan fingerprint density at radius 1 is 1.00 bits per heavy atom. The number of rotatable bonds is 5. The van der Waals surface area contributed by atoms with Crippen LogP contribution in [0.1, 0.15) is 10.4 Å². The van der Waals surface area contributed by atoms with E-state index in [9.17, 15) is 4.79 Å². The summed E-state index contributed by atoms with van der Waals surface area (Å²) in [5.74, 6) is 1.08. The Balaban J connectivity index is 1.69. The minimum absolute atomic E-state index is 0.309. The molecule has 8 heteroatoms. The molecule has 3 rings (SSSR count). The third-order valence-electron chi connectivity index (χ3n) is 3.43. The summed E-state index contributed by atoms with van der Waals surface area (Å²) in [5.41, 5.74) is 1.07. The first-order chi connectivity index (χ1) is 12.5. The molecule has 0 saturated carbocycles. The summed E-state index contributed by atoms with van der Waals surface area (Å²) in [7, 11) is 1.54. The number of carbonyl (C=O) groups excluding carboxylic acids is 1. The van der Waals surface area contributed by atoms with Crippen molar-refractivity contribution in [1.82, 2.24) is 10.2 Å². The number of hydrogen-bond acceptors (Lipinski definition) is 5. The summed E-state index contributed by atoms with van der Waals surface area (Å²) in [6.07, 6.45) is 0. The zero-order valence-corrected chi connectivity index (χ0v) is 15.2. The average Bonchev–Trinajstić information content (AvgIpc) is 2.66. The van der Waals surface area contributed by atoms with Crippen molar-refractivity contribution in [3.63, 3.8) is 0 Å². The molecule has 2 aromatic carbocycles. The molecule has 132 valence electrons. The van der Waals surface area contributed by atoms with Crippen LogP contribution in [0.2, 0.25) is 10.0 Å². The molecule has 0 fully saturated rings. The summed E-state index contributed by atoms with van der Waals surface area (Å²) >= 11 is 12.1. The first kappa shape index (κ1) is 18.0. The van der Waals surface area contributed by atoms with Crippen LogP contribution in [0.4, 0.5) is 17.3 Å². The Hall–Kier alpha value is -2.83. The van der Waals surface area contributed by atoms with Crippen LogP contribution in [-0.4, -0.2) is 23.2 Å². The summed E-state index contributed by atoms with van der Waals surface area (Å²) in [5, 5.41) is 14.8. The van der Waals surface area contributed by atoms with Gasteiger partial charge in [0.1, 0.15) is 5.75 Å². The number of anilines is 3. The number of benzene rings is 2. The van der Waals surface area contributed by atoms with Gasteiger partial charge in [0.2, 0.25) is 0 Å². The highest BCUT2D eigenvalue weighted by Gasteiger charge is 2.09. The number of halogens is 2. The minimum Gasteiger partial charge on any atom is -0.497 e. The number of amides is 1.